The molecule has 2 rings (SSSR count). The minimum Gasteiger partial charge on any atom is -0.299 e. The van der Waals surface area contributed by atoms with Gasteiger partial charge in [-0.1, -0.05) is 17.7 Å². The fourth-order valence-corrected chi connectivity index (χ4v) is 1.49. The number of nitriles is 1. The first-order chi connectivity index (χ1) is 6.83. The number of nitrogens with zero attached hydrogens (tertiary/aromatic N) is 3. The van der Waals surface area contributed by atoms with Crippen molar-refractivity contribution >= 4 is 23.3 Å². The summed E-state index contributed by atoms with van der Waals surface area (Å²) in [4.78, 5) is 4.13. The number of pyridine rings is 1. The number of aromatic nitrogens is 2. The van der Waals surface area contributed by atoms with Gasteiger partial charge in [0.1, 0.15) is 5.65 Å². The van der Waals surface area contributed by atoms with Gasteiger partial charge in [0.2, 0.25) is 0 Å². The van der Waals surface area contributed by atoms with Crippen molar-refractivity contribution < 1.29 is 0 Å². The Kier molecular flexibility index (Phi) is 2.21. The molecule has 0 N–H and O–H groups in total. The van der Waals surface area contributed by atoms with Gasteiger partial charge in [-0.2, -0.15) is 5.26 Å². The van der Waals surface area contributed by atoms with Crippen LogP contribution in [0.1, 0.15) is 5.69 Å². The third-order valence-electron chi connectivity index (χ3n) is 1.84. The molecule has 0 aliphatic rings. The number of rotatable bonds is 1. The zero-order chi connectivity index (χ0) is 9.97. The topological polar surface area (TPSA) is 41.1 Å². The average molecular weight is 204 g/mol. The number of hydrogen-bond donors (Lipinski definition) is 0. The lowest BCUT2D eigenvalue weighted by Crippen LogP contribution is -1.84. The summed E-state index contributed by atoms with van der Waals surface area (Å²) in [5.41, 5.74) is 1.50. The fourth-order valence-electron chi connectivity index (χ4n) is 1.25. The van der Waals surface area contributed by atoms with Crippen molar-refractivity contribution in [3.05, 3.63) is 41.3 Å². The largest absolute Gasteiger partial charge is 0.299 e. The number of hydrogen-bond acceptors (Lipinski definition) is 2. The Balaban J connectivity index is 2.69. The van der Waals surface area contributed by atoms with E-state index in [0.717, 1.165) is 11.3 Å². The van der Waals surface area contributed by atoms with Crippen molar-refractivity contribution in [1.29, 1.82) is 5.26 Å². The van der Waals surface area contributed by atoms with Gasteiger partial charge < -0.3 is 0 Å². The van der Waals surface area contributed by atoms with Crippen molar-refractivity contribution in [2.24, 2.45) is 0 Å². The first-order valence-corrected chi connectivity index (χ1v) is 4.39. The SMILES string of the molecule is N#CC=Cc1c(Cl)nc2ccccn12. The first kappa shape index (κ1) is 8.79. The molecule has 0 bridgehead atoms. The van der Waals surface area contributed by atoms with E-state index >= 15 is 0 Å². The monoisotopic (exact) mass is 203 g/mol. The third kappa shape index (κ3) is 1.36. The Morgan fingerprint density at radius 3 is 3.14 bits per heavy atom. The molecule has 14 heavy (non-hydrogen) atoms. The van der Waals surface area contributed by atoms with Gasteiger partial charge in [0.05, 0.1) is 11.8 Å². The maximum atomic E-state index is 8.42. The second-order valence-electron chi connectivity index (χ2n) is 2.68. The molecule has 2 heterocycles. The minimum absolute atomic E-state index is 0.405. The Bertz CT molecular complexity index is 534. The summed E-state index contributed by atoms with van der Waals surface area (Å²) < 4.78 is 1.83. The summed E-state index contributed by atoms with van der Waals surface area (Å²) in [5.74, 6) is 0. The number of fused-ring (bicyclic) bond motifs is 1. The Labute approximate surface area is 85.9 Å². The molecular formula is C10H6ClN3. The summed E-state index contributed by atoms with van der Waals surface area (Å²) in [5, 5.41) is 8.82. The molecule has 2 aromatic heterocycles. The second-order valence-corrected chi connectivity index (χ2v) is 3.04. The van der Waals surface area contributed by atoms with E-state index in [1.165, 1.54) is 6.08 Å². The smallest absolute Gasteiger partial charge is 0.155 e. The van der Waals surface area contributed by atoms with Gasteiger partial charge in [-0.25, -0.2) is 4.98 Å². The standard InChI is InChI=1S/C10H6ClN3/c11-10-8(4-3-6-12)14-7-2-1-5-9(14)13-10/h1-5,7H. The van der Waals surface area contributed by atoms with Crippen molar-refractivity contribution in [2.45, 2.75) is 0 Å². The van der Waals surface area contributed by atoms with E-state index in [0.29, 0.717) is 5.15 Å². The van der Waals surface area contributed by atoms with Crippen LogP contribution in [0.4, 0.5) is 0 Å². The summed E-state index contributed by atoms with van der Waals surface area (Å²) in [6.07, 6.45) is 4.87. The first-order valence-electron chi connectivity index (χ1n) is 4.01. The van der Waals surface area contributed by atoms with Crippen LogP contribution in [0.3, 0.4) is 0 Å². The highest BCUT2D eigenvalue weighted by Gasteiger charge is 2.05. The van der Waals surface area contributed by atoms with Crippen molar-refractivity contribution in [3.63, 3.8) is 0 Å². The Morgan fingerprint density at radius 1 is 1.50 bits per heavy atom. The average Bonchev–Trinajstić information content (AvgIpc) is 2.51. The van der Waals surface area contributed by atoms with Gasteiger partial charge in [0, 0.05) is 12.3 Å². The molecular weight excluding hydrogens is 198 g/mol. The van der Waals surface area contributed by atoms with Crippen LogP contribution in [0.15, 0.2) is 30.5 Å². The lowest BCUT2D eigenvalue weighted by atomic mass is 10.4. The van der Waals surface area contributed by atoms with E-state index in [-0.39, 0.29) is 0 Å². The molecule has 0 aromatic carbocycles. The lowest BCUT2D eigenvalue weighted by molar-refractivity contribution is 1.17. The van der Waals surface area contributed by atoms with Crippen LogP contribution in [0, 0.1) is 11.3 Å². The molecule has 0 radical (unpaired) electrons. The van der Waals surface area contributed by atoms with Crippen molar-refractivity contribution in [3.8, 4) is 6.07 Å². The van der Waals surface area contributed by atoms with Gasteiger partial charge in [-0.15, -0.1) is 0 Å². The van der Waals surface area contributed by atoms with Gasteiger partial charge in [-0.3, -0.25) is 4.40 Å². The molecule has 0 aliphatic carbocycles. The predicted octanol–water partition coefficient (Wildman–Crippen LogP) is 2.52. The molecule has 0 unspecified atom stereocenters. The molecule has 2 aromatic rings. The Morgan fingerprint density at radius 2 is 2.36 bits per heavy atom. The third-order valence-corrected chi connectivity index (χ3v) is 2.12. The van der Waals surface area contributed by atoms with E-state index in [4.69, 9.17) is 16.9 Å². The van der Waals surface area contributed by atoms with Crippen molar-refractivity contribution in [1.82, 2.24) is 9.38 Å². The summed E-state index contributed by atoms with van der Waals surface area (Å²) in [6.45, 7) is 0. The molecule has 0 atom stereocenters. The lowest BCUT2D eigenvalue weighted by Gasteiger charge is -1.93. The molecule has 0 aliphatic heterocycles. The minimum atomic E-state index is 0.405. The van der Waals surface area contributed by atoms with Crippen LogP contribution in [-0.4, -0.2) is 9.38 Å². The van der Waals surface area contributed by atoms with Gasteiger partial charge in [0.15, 0.2) is 5.15 Å². The highest BCUT2D eigenvalue weighted by molar-refractivity contribution is 6.31. The molecule has 3 nitrogen and oxygen atoms in total. The molecule has 0 amide bonds. The van der Waals surface area contributed by atoms with E-state index in [1.807, 2.05) is 34.9 Å². The van der Waals surface area contributed by atoms with E-state index < -0.39 is 0 Å². The zero-order valence-electron chi connectivity index (χ0n) is 7.18. The van der Waals surface area contributed by atoms with Crippen LogP contribution in [0.2, 0.25) is 5.15 Å². The van der Waals surface area contributed by atoms with E-state index in [2.05, 4.69) is 4.98 Å². The Hall–Kier alpha value is -1.79. The second kappa shape index (κ2) is 3.52. The quantitative estimate of drug-likeness (QED) is 0.669. The van der Waals surface area contributed by atoms with Gasteiger partial charge in [0.25, 0.3) is 0 Å². The summed E-state index contributed by atoms with van der Waals surface area (Å²) in [6, 6.07) is 7.54. The highest BCUT2D eigenvalue weighted by Crippen LogP contribution is 2.18. The van der Waals surface area contributed by atoms with Crippen LogP contribution >= 0.6 is 11.6 Å². The molecule has 0 spiro atoms. The zero-order valence-corrected chi connectivity index (χ0v) is 7.94. The van der Waals surface area contributed by atoms with E-state index in [1.54, 1.807) is 6.08 Å². The van der Waals surface area contributed by atoms with Crippen LogP contribution < -0.4 is 0 Å². The molecule has 0 saturated heterocycles. The molecule has 4 heteroatoms. The van der Waals surface area contributed by atoms with Crippen molar-refractivity contribution in [2.75, 3.05) is 0 Å². The molecule has 68 valence electrons. The molecule has 0 saturated carbocycles. The fraction of sp³-hybridized carbons (Fsp3) is 0. The maximum absolute atomic E-state index is 8.42. The maximum Gasteiger partial charge on any atom is 0.155 e. The van der Waals surface area contributed by atoms with E-state index in [9.17, 15) is 0 Å². The number of halogens is 1. The van der Waals surface area contributed by atoms with Gasteiger partial charge >= 0.3 is 0 Å². The number of imidazole rings is 1. The predicted molar refractivity (Wildman–Crippen MR) is 54.8 cm³/mol. The van der Waals surface area contributed by atoms with Gasteiger partial charge in [-0.05, 0) is 18.2 Å². The summed E-state index contributed by atoms with van der Waals surface area (Å²) >= 11 is 5.91. The highest BCUT2D eigenvalue weighted by atomic mass is 35.5. The van der Waals surface area contributed by atoms with Crippen LogP contribution in [-0.2, 0) is 0 Å². The number of allylic oxidation sites excluding steroid dienone is 1. The molecule has 0 fully saturated rings. The summed E-state index contributed by atoms with van der Waals surface area (Å²) in [7, 11) is 0. The van der Waals surface area contributed by atoms with Crippen LogP contribution in [0.5, 0.6) is 0 Å². The van der Waals surface area contributed by atoms with Crippen LogP contribution in [0.25, 0.3) is 11.7 Å². The normalized spacial score (nSPS) is 10.9.